The molecule has 0 aliphatic heterocycles. The molecule has 0 spiro atoms. The van der Waals surface area contributed by atoms with E-state index >= 15 is 0 Å². The topological polar surface area (TPSA) is 52.0 Å². The van der Waals surface area contributed by atoms with Crippen LogP contribution < -0.4 is 0 Å². The Kier molecular flexibility index (Phi) is 4.45. The van der Waals surface area contributed by atoms with E-state index in [1.54, 1.807) is 36.1 Å². The van der Waals surface area contributed by atoms with Crippen molar-refractivity contribution in [2.45, 2.75) is 26.2 Å². The van der Waals surface area contributed by atoms with E-state index in [9.17, 15) is 9.59 Å². The third-order valence-corrected chi connectivity index (χ3v) is 3.21. The first-order chi connectivity index (χ1) is 9.61. The molecule has 0 aliphatic rings. The zero-order valence-corrected chi connectivity index (χ0v) is 11.8. The number of aromatic nitrogens is 2. The SMILES string of the molecule is CCCc1ccc(C(=O)CC(=O)c2nccn2C)cc1. The first-order valence-electron chi connectivity index (χ1n) is 6.74. The third kappa shape index (κ3) is 3.20. The van der Waals surface area contributed by atoms with Crippen molar-refractivity contribution in [3.8, 4) is 0 Å². The third-order valence-electron chi connectivity index (χ3n) is 3.21. The number of nitrogens with zero attached hydrogens (tertiary/aromatic N) is 2. The first-order valence-corrected chi connectivity index (χ1v) is 6.74. The number of hydrogen-bond acceptors (Lipinski definition) is 3. The smallest absolute Gasteiger partial charge is 0.205 e. The van der Waals surface area contributed by atoms with Crippen LogP contribution in [0.4, 0.5) is 0 Å². The Bertz CT molecular complexity index is 612. The number of hydrogen-bond donors (Lipinski definition) is 0. The first kappa shape index (κ1) is 14.2. The number of carbonyl (C=O) groups is 2. The van der Waals surface area contributed by atoms with E-state index in [1.807, 2.05) is 12.1 Å². The van der Waals surface area contributed by atoms with Gasteiger partial charge in [0.2, 0.25) is 5.78 Å². The molecule has 20 heavy (non-hydrogen) atoms. The van der Waals surface area contributed by atoms with Gasteiger partial charge in [-0.15, -0.1) is 0 Å². The summed E-state index contributed by atoms with van der Waals surface area (Å²) in [5, 5.41) is 0. The van der Waals surface area contributed by atoms with Crippen LogP contribution in [0.5, 0.6) is 0 Å². The van der Waals surface area contributed by atoms with Gasteiger partial charge < -0.3 is 4.57 Å². The fourth-order valence-corrected chi connectivity index (χ4v) is 2.11. The van der Waals surface area contributed by atoms with Crippen LogP contribution in [-0.4, -0.2) is 21.1 Å². The van der Waals surface area contributed by atoms with E-state index in [4.69, 9.17) is 0 Å². The molecule has 0 aliphatic carbocycles. The van der Waals surface area contributed by atoms with Crippen LogP contribution in [0.15, 0.2) is 36.7 Å². The van der Waals surface area contributed by atoms with Gasteiger partial charge in [-0.3, -0.25) is 9.59 Å². The number of imidazole rings is 1. The van der Waals surface area contributed by atoms with E-state index in [0.29, 0.717) is 11.4 Å². The highest BCUT2D eigenvalue weighted by atomic mass is 16.1. The molecule has 0 fully saturated rings. The fourth-order valence-electron chi connectivity index (χ4n) is 2.11. The van der Waals surface area contributed by atoms with Crippen LogP contribution in [-0.2, 0) is 13.5 Å². The molecule has 2 aromatic rings. The Morgan fingerprint density at radius 3 is 2.40 bits per heavy atom. The van der Waals surface area contributed by atoms with Gasteiger partial charge in [0.1, 0.15) is 0 Å². The number of benzene rings is 1. The molecule has 104 valence electrons. The Labute approximate surface area is 118 Å². The van der Waals surface area contributed by atoms with Gasteiger partial charge in [-0.1, -0.05) is 37.6 Å². The van der Waals surface area contributed by atoms with Crippen LogP contribution in [0.25, 0.3) is 0 Å². The Morgan fingerprint density at radius 2 is 1.85 bits per heavy atom. The summed E-state index contributed by atoms with van der Waals surface area (Å²) in [5.41, 5.74) is 1.78. The summed E-state index contributed by atoms with van der Waals surface area (Å²) in [4.78, 5) is 28.0. The molecular weight excluding hydrogens is 252 g/mol. The van der Waals surface area contributed by atoms with Crippen LogP contribution in [0.1, 0.15) is 46.3 Å². The molecule has 0 atom stereocenters. The maximum atomic E-state index is 12.1. The minimum absolute atomic E-state index is 0.141. The largest absolute Gasteiger partial charge is 0.332 e. The maximum absolute atomic E-state index is 12.1. The number of carbonyl (C=O) groups excluding carboxylic acids is 2. The second-order valence-electron chi connectivity index (χ2n) is 4.83. The van der Waals surface area contributed by atoms with Gasteiger partial charge >= 0.3 is 0 Å². The second kappa shape index (κ2) is 6.28. The predicted octanol–water partition coefficient (Wildman–Crippen LogP) is 2.83. The lowest BCUT2D eigenvalue weighted by Crippen LogP contribution is -2.13. The molecule has 0 amide bonds. The lowest BCUT2D eigenvalue weighted by Gasteiger charge is -2.03. The fraction of sp³-hybridized carbons (Fsp3) is 0.312. The van der Waals surface area contributed by atoms with E-state index in [1.165, 1.54) is 5.56 Å². The van der Waals surface area contributed by atoms with Crippen molar-refractivity contribution in [2.75, 3.05) is 0 Å². The summed E-state index contributed by atoms with van der Waals surface area (Å²) in [6.07, 6.45) is 5.18. The quantitative estimate of drug-likeness (QED) is 0.599. The van der Waals surface area contributed by atoms with Crippen molar-refractivity contribution in [3.05, 3.63) is 53.6 Å². The van der Waals surface area contributed by atoms with Crippen LogP contribution >= 0.6 is 0 Å². The summed E-state index contributed by atoms with van der Waals surface area (Å²) < 4.78 is 1.62. The van der Waals surface area contributed by atoms with Crippen molar-refractivity contribution < 1.29 is 9.59 Å². The molecule has 1 aromatic carbocycles. The lowest BCUT2D eigenvalue weighted by atomic mass is 10.0. The molecule has 0 N–H and O–H groups in total. The Balaban J connectivity index is 2.05. The normalized spacial score (nSPS) is 10.5. The summed E-state index contributed by atoms with van der Waals surface area (Å²) in [6, 6.07) is 7.47. The highest BCUT2D eigenvalue weighted by Gasteiger charge is 2.16. The van der Waals surface area contributed by atoms with E-state index in [0.717, 1.165) is 12.8 Å². The molecule has 0 radical (unpaired) electrons. The summed E-state index contributed by atoms with van der Waals surface area (Å²) in [5.74, 6) is -0.0952. The van der Waals surface area contributed by atoms with Crippen LogP contribution in [0.2, 0.25) is 0 Å². The second-order valence-corrected chi connectivity index (χ2v) is 4.83. The molecule has 1 aromatic heterocycles. The molecular formula is C16H18N2O2. The van der Waals surface area contributed by atoms with Gasteiger partial charge in [0.05, 0.1) is 6.42 Å². The van der Waals surface area contributed by atoms with Gasteiger partial charge in [0.25, 0.3) is 0 Å². The zero-order valence-electron chi connectivity index (χ0n) is 11.8. The van der Waals surface area contributed by atoms with Crippen molar-refractivity contribution >= 4 is 11.6 Å². The number of rotatable bonds is 6. The van der Waals surface area contributed by atoms with Crippen molar-refractivity contribution in [3.63, 3.8) is 0 Å². The van der Waals surface area contributed by atoms with Crippen molar-refractivity contribution in [1.82, 2.24) is 9.55 Å². The number of Topliss-reactive ketones (excluding diaryl/α,β-unsaturated/α-hetero) is 2. The minimum atomic E-state index is -0.250. The highest BCUT2D eigenvalue weighted by Crippen LogP contribution is 2.10. The highest BCUT2D eigenvalue weighted by molar-refractivity contribution is 6.12. The summed E-state index contributed by atoms with van der Waals surface area (Å²) >= 11 is 0. The summed E-state index contributed by atoms with van der Waals surface area (Å²) in [7, 11) is 1.74. The van der Waals surface area contributed by atoms with Crippen molar-refractivity contribution in [1.29, 1.82) is 0 Å². The average Bonchev–Trinajstić information content (AvgIpc) is 2.86. The van der Waals surface area contributed by atoms with Crippen molar-refractivity contribution in [2.24, 2.45) is 7.05 Å². The molecule has 4 heteroatoms. The van der Waals surface area contributed by atoms with E-state index in [2.05, 4.69) is 11.9 Å². The number of ketones is 2. The van der Waals surface area contributed by atoms with Gasteiger partial charge in [0, 0.05) is 25.0 Å². The van der Waals surface area contributed by atoms with E-state index in [-0.39, 0.29) is 18.0 Å². The van der Waals surface area contributed by atoms with Crippen LogP contribution in [0.3, 0.4) is 0 Å². The molecule has 0 bridgehead atoms. The Morgan fingerprint density at radius 1 is 1.15 bits per heavy atom. The standard InChI is InChI=1S/C16H18N2O2/c1-3-4-12-5-7-13(8-6-12)14(19)11-15(20)16-17-9-10-18(16)2/h5-10H,3-4,11H2,1-2H3. The predicted molar refractivity (Wildman–Crippen MR) is 76.9 cm³/mol. The molecule has 0 saturated heterocycles. The number of aryl methyl sites for hydroxylation is 2. The molecule has 2 rings (SSSR count). The van der Waals surface area contributed by atoms with Gasteiger partial charge in [-0.25, -0.2) is 4.98 Å². The monoisotopic (exact) mass is 270 g/mol. The zero-order chi connectivity index (χ0) is 14.5. The van der Waals surface area contributed by atoms with E-state index < -0.39 is 0 Å². The average molecular weight is 270 g/mol. The van der Waals surface area contributed by atoms with Gasteiger partial charge in [0.15, 0.2) is 11.6 Å². The van der Waals surface area contributed by atoms with Crippen LogP contribution in [0, 0.1) is 0 Å². The lowest BCUT2D eigenvalue weighted by molar-refractivity contribution is 0.0886. The van der Waals surface area contributed by atoms with Gasteiger partial charge in [-0.2, -0.15) is 0 Å². The Hall–Kier alpha value is -2.23. The van der Waals surface area contributed by atoms with Gasteiger partial charge in [-0.05, 0) is 12.0 Å². The maximum Gasteiger partial charge on any atom is 0.205 e. The molecule has 4 nitrogen and oxygen atoms in total. The summed E-state index contributed by atoms with van der Waals surface area (Å²) in [6.45, 7) is 2.12. The molecule has 0 saturated carbocycles. The molecule has 1 heterocycles. The molecule has 0 unspecified atom stereocenters. The minimum Gasteiger partial charge on any atom is -0.332 e.